The number of carbonyl (C=O) groups excluding carboxylic acids is 2. The zero-order valence-corrected chi connectivity index (χ0v) is 12.6. The summed E-state index contributed by atoms with van der Waals surface area (Å²) in [5, 5.41) is 0. The van der Waals surface area contributed by atoms with Gasteiger partial charge in [0.2, 0.25) is 0 Å². The van der Waals surface area contributed by atoms with Crippen molar-refractivity contribution in [3.8, 4) is 0 Å². The Morgan fingerprint density at radius 3 is 2.30 bits per heavy atom. The van der Waals surface area contributed by atoms with Gasteiger partial charge in [-0.3, -0.25) is 9.59 Å². The first-order chi connectivity index (χ1) is 9.50. The van der Waals surface area contributed by atoms with Crippen molar-refractivity contribution in [1.29, 1.82) is 0 Å². The summed E-state index contributed by atoms with van der Waals surface area (Å²) < 4.78 is 5.13. The second-order valence-electron chi connectivity index (χ2n) is 5.38. The van der Waals surface area contributed by atoms with E-state index in [4.69, 9.17) is 4.74 Å². The van der Waals surface area contributed by atoms with Crippen LogP contribution in [-0.2, 0) is 20.7 Å². The summed E-state index contributed by atoms with van der Waals surface area (Å²) in [4.78, 5) is 23.3. The summed E-state index contributed by atoms with van der Waals surface area (Å²) in [6.07, 6.45) is 3.21. The molecule has 1 aromatic carbocycles. The maximum Gasteiger partial charge on any atom is 0.316 e. The third-order valence-electron chi connectivity index (χ3n) is 3.18. The molecule has 0 aliphatic carbocycles. The van der Waals surface area contributed by atoms with E-state index in [1.165, 1.54) is 12.5 Å². The largest absolute Gasteiger partial charge is 0.462 e. The molecular weight excluding hydrogens is 252 g/mol. The lowest BCUT2D eigenvalue weighted by Gasteiger charge is -2.15. The average molecular weight is 276 g/mol. The first-order valence-electron chi connectivity index (χ1n) is 7.25. The van der Waals surface area contributed by atoms with Crippen LogP contribution in [0.25, 0.3) is 0 Å². The lowest BCUT2D eigenvalue weighted by molar-refractivity contribution is -0.155. The summed E-state index contributed by atoms with van der Waals surface area (Å²) in [5.41, 5.74) is 1.29. The van der Waals surface area contributed by atoms with Crippen LogP contribution < -0.4 is 0 Å². The SMILES string of the molecule is CC(=O)C(CCCCc1ccccc1)C(=O)OC(C)C. The van der Waals surface area contributed by atoms with Crippen molar-refractivity contribution in [1.82, 2.24) is 0 Å². The van der Waals surface area contributed by atoms with Crippen LogP contribution in [0.2, 0.25) is 0 Å². The van der Waals surface area contributed by atoms with E-state index in [-0.39, 0.29) is 17.9 Å². The first kappa shape index (κ1) is 16.4. The normalized spacial score (nSPS) is 12.2. The molecule has 1 unspecified atom stereocenters. The van der Waals surface area contributed by atoms with E-state index in [2.05, 4.69) is 12.1 Å². The molecular formula is C17H24O3. The summed E-state index contributed by atoms with van der Waals surface area (Å²) >= 11 is 0. The molecule has 0 N–H and O–H groups in total. The lowest BCUT2D eigenvalue weighted by Crippen LogP contribution is -2.26. The molecule has 0 saturated heterocycles. The minimum Gasteiger partial charge on any atom is -0.462 e. The molecule has 0 aliphatic heterocycles. The van der Waals surface area contributed by atoms with Crippen molar-refractivity contribution < 1.29 is 14.3 Å². The summed E-state index contributed by atoms with van der Waals surface area (Å²) in [6, 6.07) is 10.2. The van der Waals surface area contributed by atoms with Gasteiger partial charge in [-0.25, -0.2) is 0 Å². The van der Waals surface area contributed by atoms with Crippen molar-refractivity contribution in [3.05, 3.63) is 35.9 Å². The van der Waals surface area contributed by atoms with Gasteiger partial charge in [0.1, 0.15) is 11.7 Å². The molecule has 20 heavy (non-hydrogen) atoms. The van der Waals surface area contributed by atoms with Crippen molar-refractivity contribution >= 4 is 11.8 Å². The fourth-order valence-electron chi connectivity index (χ4n) is 2.12. The Hall–Kier alpha value is -1.64. The monoisotopic (exact) mass is 276 g/mol. The number of aryl methyl sites for hydroxylation is 1. The Morgan fingerprint density at radius 2 is 1.75 bits per heavy atom. The van der Waals surface area contributed by atoms with Gasteiger partial charge in [0.15, 0.2) is 0 Å². The molecule has 0 amide bonds. The molecule has 1 aromatic rings. The van der Waals surface area contributed by atoms with Gasteiger partial charge in [-0.05, 0) is 45.6 Å². The Labute approximate surface area is 121 Å². The molecule has 110 valence electrons. The molecule has 3 nitrogen and oxygen atoms in total. The quantitative estimate of drug-likeness (QED) is 0.414. The predicted molar refractivity (Wildman–Crippen MR) is 79.4 cm³/mol. The van der Waals surface area contributed by atoms with Gasteiger partial charge in [-0.2, -0.15) is 0 Å². The number of carbonyl (C=O) groups is 2. The minimum atomic E-state index is -0.604. The number of unbranched alkanes of at least 4 members (excludes halogenated alkanes) is 1. The minimum absolute atomic E-state index is 0.102. The number of ether oxygens (including phenoxy) is 1. The van der Waals surface area contributed by atoms with E-state index in [0.29, 0.717) is 6.42 Å². The number of esters is 1. The molecule has 0 heterocycles. The van der Waals surface area contributed by atoms with Gasteiger partial charge in [-0.1, -0.05) is 36.8 Å². The number of Topliss-reactive ketones (excluding diaryl/α,β-unsaturated/α-hetero) is 1. The Kier molecular flexibility index (Phi) is 6.99. The van der Waals surface area contributed by atoms with Gasteiger partial charge < -0.3 is 4.74 Å². The number of hydrogen-bond acceptors (Lipinski definition) is 3. The smallest absolute Gasteiger partial charge is 0.316 e. The van der Waals surface area contributed by atoms with E-state index in [1.807, 2.05) is 18.2 Å². The van der Waals surface area contributed by atoms with Gasteiger partial charge in [0.25, 0.3) is 0 Å². The number of benzene rings is 1. The van der Waals surface area contributed by atoms with Crippen LogP contribution in [0.5, 0.6) is 0 Å². The molecule has 0 aromatic heterocycles. The summed E-state index contributed by atoms with van der Waals surface area (Å²) in [6.45, 7) is 5.05. The van der Waals surface area contributed by atoms with Crippen LogP contribution in [0.3, 0.4) is 0 Å². The van der Waals surface area contributed by atoms with Crippen LogP contribution in [0.15, 0.2) is 30.3 Å². The molecule has 0 aliphatic rings. The van der Waals surface area contributed by atoms with Gasteiger partial charge in [-0.15, -0.1) is 0 Å². The van der Waals surface area contributed by atoms with E-state index in [1.54, 1.807) is 13.8 Å². The van der Waals surface area contributed by atoms with Gasteiger partial charge in [0, 0.05) is 0 Å². The highest BCUT2D eigenvalue weighted by Gasteiger charge is 2.24. The lowest BCUT2D eigenvalue weighted by atomic mass is 9.96. The maximum atomic E-state index is 11.8. The highest BCUT2D eigenvalue weighted by Crippen LogP contribution is 2.15. The molecule has 0 spiro atoms. The van der Waals surface area contributed by atoms with Crippen molar-refractivity contribution in [2.45, 2.75) is 52.6 Å². The van der Waals surface area contributed by atoms with Crippen molar-refractivity contribution in [3.63, 3.8) is 0 Å². The fourth-order valence-corrected chi connectivity index (χ4v) is 2.12. The van der Waals surface area contributed by atoms with Crippen LogP contribution in [0, 0.1) is 5.92 Å². The van der Waals surface area contributed by atoms with E-state index in [9.17, 15) is 9.59 Å². The van der Waals surface area contributed by atoms with E-state index < -0.39 is 5.92 Å². The number of hydrogen-bond donors (Lipinski definition) is 0. The van der Waals surface area contributed by atoms with Crippen molar-refractivity contribution in [2.75, 3.05) is 0 Å². The van der Waals surface area contributed by atoms with Crippen molar-refractivity contribution in [2.24, 2.45) is 5.92 Å². The molecule has 0 fully saturated rings. The molecule has 0 radical (unpaired) electrons. The second kappa shape index (κ2) is 8.51. The third-order valence-corrected chi connectivity index (χ3v) is 3.18. The molecule has 1 rings (SSSR count). The number of ketones is 1. The van der Waals surface area contributed by atoms with Crippen LogP contribution in [0.1, 0.15) is 45.6 Å². The maximum absolute atomic E-state index is 11.8. The third kappa shape index (κ3) is 6.00. The van der Waals surface area contributed by atoms with E-state index in [0.717, 1.165) is 19.3 Å². The summed E-state index contributed by atoms with van der Waals surface area (Å²) in [7, 11) is 0. The molecule has 1 atom stereocenters. The van der Waals surface area contributed by atoms with Crippen LogP contribution in [0.4, 0.5) is 0 Å². The number of rotatable bonds is 8. The molecule has 3 heteroatoms. The first-order valence-corrected chi connectivity index (χ1v) is 7.25. The summed E-state index contributed by atoms with van der Waals surface area (Å²) in [5.74, 6) is -1.09. The van der Waals surface area contributed by atoms with Gasteiger partial charge in [0.05, 0.1) is 6.10 Å². The topological polar surface area (TPSA) is 43.4 Å². The van der Waals surface area contributed by atoms with Crippen LogP contribution in [-0.4, -0.2) is 17.9 Å². The highest BCUT2D eigenvalue weighted by atomic mass is 16.5. The zero-order chi connectivity index (χ0) is 15.0. The fraction of sp³-hybridized carbons (Fsp3) is 0.529. The molecule has 0 bridgehead atoms. The average Bonchev–Trinajstić information content (AvgIpc) is 2.38. The van der Waals surface area contributed by atoms with Crippen LogP contribution >= 0.6 is 0 Å². The van der Waals surface area contributed by atoms with Gasteiger partial charge >= 0.3 is 5.97 Å². The zero-order valence-electron chi connectivity index (χ0n) is 12.6. The Morgan fingerprint density at radius 1 is 1.10 bits per heavy atom. The second-order valence-corrected chi connectivity index (χ2v) is 5.38. The highest BCUT2D eigenvalue weighted by molar-refractivity contribution is 5.97. The predicted octanol–water partition coefficient (Wildman–Crippen LogP) is 3.56. The standard InChI is InChI=1S/C17H24O3/c1-13(2)20-17(19)16(14(3)18)12-8-7-11-15-9-5-4-6-10-15/h4-6,9-10,13,16H,7-8,11-12H2,1-3H3. The molecule has 0 saturated carbocycles. The van der Waals surface area contributed by atoms with E-state index >= 15 is 0 Å². The Bertz CT molecular complexity index is 423. The Balaban J connectivity index is 2.36.